The molecular formula is C26H23N3O5. The first-order valence-electron chi connectivity index (χ1n) is 10.3. The fourth-order valence-electron chi connectivity index (χ4n) is 3.16. The zero-order valence-corrected chi connectivity index (χ0v) is 19.0. The molecule has 1 N–H and O–H groups in total. The first-order chi connectivity index (χ1) is 16.3. The summed E-state index contributed by atoms with van der Waals surface area (Å²) in [5.74, 6) is 0.469. The van der Waals surface area contributed by atoms with Crippen molar-refractivity contribution in [3.05, 3.63) is 93.0 Å². The Morgan fingerprint density at radius 1 is 1.06 bits per heavy atom. The highest BCUT2D eigenvalue weighted by atomic mass is 16.6. The standard InChI is InChI=1S/C26H23N3O5/c1-17-4-8-22(12-18(17)2)28-26(30)16-34-24-11-5-19(14-25(24)33-3)13-21(15-27)20-6-9-23(10-7-20)29(31)32/h4-14H,16H2,1-3H3,(H,28,30)/b21-13+. The minimum Gasteiger partial charge on any atom is -0.493 e. The van der Waals surface area contributed by atoms with Gasteiger partial charge in [-0.25, -0.2) is 0 Å². The van der Waals surface area contributed by atoms with Gasteiger partial charge in [-0.3, -0.25) is 14.9 Å². The Kier molecular flexibility index (Phi) is 7.62. The third kappa shape index (κ3) is 5.99. The highest BCUT2D eigenvalue weighted by Crippen LogP contribution is 2.30. The summed E-state index contributed by atoms with van der Waals surface area (Å²) in [5, 5.41) is 23.2. The summed E-state index contributed by atoms with van der Waals surface area (Å²) < 4.78 is 11.0. The van der Waals surface area contributed by atoms with Crippen molar-refractivity contribution in [2.45, 2.75) is 13.8 Å². The largest absolute Gasteiger partial charge is 0.493 e. The van der Waals surface area contributed by atoms with E-state index in [0.717, 1.165) is 11.1 Å². The number of nitro groups is 1. The lowest BCUT2D eigenvalue weighted by Gasteiger charge is -2.12. The molecule has 3 aromatic rings. The number of hydrogen-bond donors (Lipinski definition) is 1. The number of nitro benzene ring substituents is 1. The van der Waals surface area contributed by atoms with E-state index in [1.54, 1.807) is 24.3 Å². The van der Waals surface area contributed by atoms with Gasteiger partial charge in [-0.05, 0) is 78.6 Å². The number of ether oxygens (including phenoxy) is 2. The van der Waals surface area contributed by atoms with Crippen molar-refractivity contribution >= 4 is 28.9 Å². The quantitative estimate of drug-likeness (QED) is 0.212. The number of nitrogens with one attached hydrogen (secondary N) is 1. The Morgan fingerprint density at radius 2 is 1.79 bits per heavy atom. The van der Waals surface area contributed by atoms with E-state index >= 15 is 0 Å². The Balaban J connectivity index is 1.71. The highest BCUT2D eigenvalue weighted by molar-refractivity contribution is 5.92. The van der Waals surface area contributed by atoms with E-state index in [1.807, 2.05) is 32.0 Å². The number of nitrogens with zero attached hydrogens (tertiary/aromatic N) is 2. The molecule has 3 rings (SSSR count). The second-order valence-corrected chi connectivity index (χ2v) is 7.52. The maximum atomic E-state index is 12.3. The Labute approximate surface area is 197 Å². The first kappa shape index (κ1) is 24.0. The van der Waals surface area contributed by atoms with Crippen LogP contribution >= 0.6 is 0 Å². The van der Waals surface area contributed by atoms with Crippen molar-refractivity contribution in [1.29, 1.82) is 5.26 Å². The second-order valence-electron chi connectivity index (χ2n) is 7.52. The fourth-order valence-corrected chi connectivity index (χ4v) is 3.16. The lowest BCUT2D eigenvalue weighted by Crippen LogP contribution is -2.20. The van der Waals surface area contributed by atoms with Crippen LogP contribution in [-0.2, 0) is 4.79 Å². The van der Waals surface area contributed by atoms with Crippen LogP contribution in [0.5, 0.6) is 11.5 Å². The molecule has 0 aliphatic rings. The molecule has 0 aliphatic heterocycles. The summed E-state index contributed by atoms with van der Waals surface area (Å²) in [4.78, 5) is 22.6. The van der Waals surface area contributed by atoms with E-state index in [2.05, 4.69) is 11.4 Å². The van der Waals surface area contributed by atoms with Gasteiger partial charge in [-0.2, -0.15) is 5.26 Å². The number of nitriles is 1. The summed E-state index contributed by atoms with van der Waals surface area (Å²) in [6.07, 6.45) is 1.64. The molecule has 0 bridgehead atoms. The van der Waals surface area contributed by atoms with Gasteiger partial charge in [0.05, 0.1) is 23.7 Å². The lowest BCUT2D eigenvalue weighted by molar-refractivity contribution is -0.384. The van der Waals surface area contributed by atoms with Crippen molar-refractivity contribution in [3.8, 4) is 17.6 Å². The Hall–Kier alpha value is -4.64. The van der Waals surface area contributed by atoms with Gasteiger partial charge in [0.2, 0.25) is 0 Å². The van der Waals surface area contributed by atoms with E-state index in [1.165, 1.54) is 31.4 Å². The molecule has 0 fully saturated rings. The van der Waals surface area contributed by atoms with Crippen LogP contribution in [0.25, 0.3) is 11.6 Å². The van der Waals surface area contributed by atoms with Gasteiger partial charge < -0.3 is 14.8 Å². The van der Waals surface area contributed by atoms with Crippen LogP contribution in [0, 0.1) is 35.3 Å². The monoisotopic (exact) mass is 457 g/mol. The molecule has 8 heteroatoms. The maximum absolute atomic E-state index is 12.3. The smallest absolute Gasteiger partial charge is 0.269 e. The van der Waals surface area contributed by atoms with Crippen LogP contribution in [0.3, 0.4) is 0 Å². The molecule has 1 amide bonds. The highest BCUT2D eigenvalue weighted by Gasteiger charge is 2.11. The van der Waals surface area contributed by atoms with Crippen LogP contribution in [0.2, 0.25) is 0 Å². The summed E-state index contributed by atoms with van der Waals surface area (Å²) in [6.45, 7) is 3.77. The Morgan fingerprint density at radius 3 is 2.41 bits per heavy atom. The predicted octanol–water partition coefficient (Wildman–Crippen LogP) is 5.30. The third-order valence-electron chi connectivity index (χ3n) is 5.16. The zero-order chi connectivity index (χ0) is 24.7. The predicted molar refractivity (Wildman–Crippen MR) is 130 cm³/mol. The van der Waals surface area contributed by atoms with Crippen molar-refractivity contribution in [1.82, 2.24) is 0 Å². The van der Waals surface area contributed by atoms with Crippen molar-refractivity contribution in [2.24, 2.45) is 0 Å². The van der Waals surface area contributed by atoms with E-state index in [0.29, 0.717) is 33.9 Å². The van der Waals surface area contributed by atoms with Crippen LogP contribution in [0.1, 0.15) is 22.3 Å². The van der Waals surface area contributed by atoms with Crippen LogP contribution < -0.4 is 14.8 Å². The van der Waals surface area contributed by atoms with Crippen LogP contribution in [-0.4, -0.2) is 24.5 Å². The molecule has 3 aromatic carbocycles. The number of amides is 1. The van der Waals surface area contributed by atoms with Gasteiger partial charge in [0, 0.05) is 17.8 Å². The number of aryl methyl sites for hydroxylation is 2. The van der Waals surface area contributed by atoms with Gasteiger partial charge in [0.15, 0.2) is 18.1 Å². The molecule has 0 unspecified atom stereocenters. The molecular weight excluding hydrogens is 434 g/mol. The maximum Gasteiger partial charge on any atom is 0.269 e. The molecule has 172 valence electrons. The molecule has 34 heavy (non-hydrogen) atoms. The second kappa shape index (κ2) is 10.8. The van der Waals surface area contributed by atoms with Crippen molar-refractivity contribution in [2.75, 3.05) is 19.0 Å². The van der Waals surface area contributed by atoms with Gasteiger partial charge in [0.1, 0.15) is 0 Å². The zero-order valence-electron chi connectivity index (χ0n) is 19.0. The number of anilines is 1. The molecule has 0 saturated carbocycles. The normalized spacial score (nSPS) is 10.8. The van der Waals surface area contributed by atoms with E-state index in [9.17, 15) is 20.2 Å². The minimum absolute atomic E-state index is 0.0502. The molecule has 0 saturated heterocycles. The fraction of sp³-hybridized carbons (Fsp3) is 0.154. The number of benzene rings is 3. The molecule has 0 aromatic heterocycles. The van der Waals surface area contributed by atoms with Gasteiger partial charge in [0.25, 0.3) is 11.6 Å². The molecule has 0 atom stereocenters. The number of rotatable bonds is 8. The van der Waals surface area contributed by atoms with Crippen molar-refractivity contribution in [3.63, 3.8) is 0 Å². The van der Waals surface area contributed by atoms with Crippen molar-refractivity contribution < 1.29 is 19.2 Å². The van der Waals surface area contributed by atoms with Gasteiger partial charge >= 0.3 is 0 Å². The van der Waals surface area contributed by atoms with E-state index in [-0.39, 0.29) is 18.2 Å². The number of non-ortho nitro benzene ring substituents is 1. The molecule has 0 spiro atoms. The lowest BCUT2D eigenvalue weighted by atomic mass is 10.0. The molecule has 0 aliphatic carbocycles. The summed E-state index contributed by atoms with van der Waals surface area (Å²) >= 11 is 0. The minimum atomic E-state index is -0.495. The Bertz CT molecular complexity index is 1290. The first-order valence-corrected chi connectivity index (χ1v) is 10.3. The summed E-state index contributed by atoms with van der Waals surface area (Å²) in [6, 6.07) is 18.6. The molecule has 0 heterocycles. The van der Waals surface area contributed by atoms with Gasteiger partial charge in [-0.1, -0.05) is 12.1 Å². The average molecular weight is 457 g/mol. The van der Waals surface area contributed by atoms with Gasteiger partial charge in [-0.15, -0.1) is 0 Å². The molecule has 0 radical (unpaired) electrons. The number of carbonyl (C=O) groups excluding carboxylic acids is 1. The van der Waals surface area contributed by atoms with Crippen LogP contribution in [0.15, 0.2) is 60.7 Å². The molecule has 8 nitrogen and oxygen atoms in total. The van der Waals surface area contributed by atoms with E-state index < -0.39 is 4.92 Å². The number of methoxy groups -OCH3 is 1. The van der Waals surface area contributed by atoms with Crippen LogP contribution in [0.4, 0.5) is 11.4 Å². The number of carbonyl (C=O) groups is 1. The van der Waals surface area contributed by atoms with E-state index in [4.69, 9.17) is 9.47 Å². The SMILES string of the molecule is COc1cc(/C=C(\C#N)c2ccc([N+](=O)[O-])cc2)ccc1OCC(=O)Nc1ccc(C)c(C)c1. The average Bonchev–Trinajstić information content (AvgIpc) is 2.83. The number of allylic oxidation sites excluding steroid dienone is 1. The summed E-state index contributed by atoms with van der Waals surface area (Å²) in [7, 11) is 1.48. The summed E-state index contributed by atoms with van der Waals surface area (Å²) in [5.41, 5.74) is 4.41. The topological polar surface area (TPSA) is 114 Å². The number of hydrogen-bond acceptors (Lipinski definition) is 6. The third-order valence-corrected chi connectivity index (χ3v) is 5.16.